The average molecular weight is 843 g/mol. The van der Waals surface area contributed by atoms with Gasteiger partial charge < -0.3 is 14.2 Å². The Labute approximate surface area is 373 Å². The van der Waals surface area contributed by atoms with Gasteiger partial charge in [0.05, 0.1) is 0 Å². The average Bonchev–Trinajstić information content (AvgIpc) is 3.26. The van der Waals surface area contributed by atoms with Gasteiger partial charge in [-0.25, -0.2) is 0 Å². The molecule has 0 rings (SSSR count). The first-order valence-corrected chi connectivity index (χ1v) is 24.1. The summed E-state index contributed by atoms with van der Waals surface area (Å²) in [6.07, 6.45) is 66.1. The van der Waals surface area contributed by atoms with Gasteiger partial charge in [-0.05, 0) is 77.0 Å². The molecule has 0 saturated heterocycles. The lowest BCUT2D eigenvalue weighted by Crippen LogP contribution is -2.30. The second-order valence-electron chi connectivity index (χ2n) is 15.4. The van der Waals surface area contributed by atoms with E-state index >= 15 is 0 Å². The molecular weight excluding hydrogens is 757 g/mol. The first-order chi connectivity index (χ1) is 30.0. The van der Waals surface area contributed by atoms with E-state index < -0.39 is 6.10 Å². The van der Waals surface area contributed by atoms with Crippen LogP contribution in [0.3, 0.4) is 0 Å². The quantitative estimate of drug-likeness (QED) is 0.0201. The molecule has 0 aromatic rings. The Kier molecular flexibility index (Phi) is 45.1. The van der Waals surface area contributed by atoms with Crippen LogP contribution in [0.1, 0.15) is 188 Å². The highest BCUT2D eigenvalue weighted by molar-refractivity contribution is 5.71. The number of carbonyl (C=O) groups is 3. The van der Waals surface area contributed by atoms with E-state index in [0.717, 1.165) is 103 Å². The molecule has 0 aliphatic heterocycles. The van der Waals surface area contributed by atoms with Gasteiger partial charge in [0.25, 0.3) is 0 Å². The highest BCUT2D eigenvalue weighted by Crippen LogP contribution is 2.12. The third kappa shape index (κ3) is 46.7. The smallest absolute Gasteiger partial charge is 0.306 e. The van der Waals surface area contributed by atoms with E-state index in [2.05, 4.69) is 87.6 Å². The van der Waals surface area contributed by atoms with Crippen LogP contribution in [0.2, 0.25) is 0 Å². The van der Waals surface area contributed by atoms with Crippen LogP contribution in [0.15, 0.2) is 122 Å². The lowest BCUT2D eigenvalue weighted by Gasteiger charge is -2.18. The summed E-state index contributed by atoms with van der Waals surface area (Å²) < 4.78 is 16.7. The van der Waals surface area contributed by atoms with Crippen LogP contribution in [0.5, 0.6) is 0 Å². The lowest BCUT2D eigenvalue weighted by molar-refractivity contribution is -0.166. The summed E-state index contributed by atoms with van der Waals surface area (Å²) in [7, 11) is 0. The summed E-state index contributed by atoms with van der Waals surface area (Å²) in [4.78, 5) is 37.9. The molecule has 0 N–H and O–H groups in total. The zero-order chi connectivity index (χ0) is 44.4. The van der Waals surface area contributed by atoms with Gasteiger partial charge in [0, 0.05) is 19.3 Å². The number of esters is 3. The van der Waals surface area contributed by atoms with Gasteiger partial charge in [0.1, 0.15) is 13.2 Å². The highest BCUT2D eigenvalue weighted by Gasteiger charge is 2.19. The van der Waals surface area contributed by atoms with Crippen molar-refractivity contribution in [2.45, 2.75) is 194 Å². The van der Waals surface area contributed by atoms with Crippen LogP contribution in [-0.4, -0.2) is 37.2 Å². The fourth-order valence-corrected chi connectivity index (χ4v) is 6.04. The zero-order valence-corrected chi connectivity index (χ0v) is 38.9. The molecule has 0 saturated carbocycles. The predicted molar refractivity (Wildman–Crippen MR) is 260 cm³/mol. The Bertz CT molecular complexity index is 1340. The molecule has 0 radical (unpaired) electrons. The second-order valence-corrected chi connectivity index (χ2v) is 15.4. The van der Waals surface area contributed by atoms with Gasteiger partial charge >= 0.3 is 17.9 Å². The number of hydrogen-bond donors (Lipinski definition) is 0. The van der Waals surface area contributed by atoms with Crippen molar-refractivity contribution in [2.75, 3.05) is 13.2 Å². The minimum absolute atomic E-state index is 0.121. The molecular formula is C55H86O6. The third-order valence-corrected chi connectivity index (χ3v) is 9.63. The molecule has 0 spiro atoms. The van der Waals surface area contributed by atoms with Crippen molar-refractivity contribution in [3.8, 4) is 0 Å². The number of ether oxygens (including phenoxy) is 3. The molecule has 342 valence electrons. The molecule has 0 aliphatic carbocycles. The topological polar surface area (TPSA) is 78.9 Å². The lowest BCUT2D eigenvalue weighted by atomic mass is 10.1. The molecule has 0 aromatic heterocycles. The standard InChI is InChI=1S/C55H86O6/c1-4-7-10-13-16-19-22-25-27-30-33-36-39-42-45-48-54(57)60-51-52(50-59-53(56)47-44-41-38-35-32-29-24-21-18-15-12-9-6-3)61-55(58)49-46-43-40-37-34-31-28-26-23-20-17-14-11-8-5-2/h7-8,10-11,13-14,16-17,19-20,22-23,25-29,32,38,41,52H,4-6,9,12,15,18,21,24,30-31,33-37,39-40,42-51H2,1-3H3/b10-7-,11-8-,16-13-,17-14-,22-19-,23-20-,27-25-,28-26-,32-29-,41-38-. The van der Waals surface area contributed by atoms with Gasteiger partial charge in [-0.15, -0.1) is 0 Å². The van der Waals surface area contributed by atoms with E-state index in [4.69, 9.17) is 14.2 Å². The maximum Gasteiger partial charge on any atom is 0.306 e. The van der Waals surface area contributed by atoms with Crippen molar-refractivity contribution in [2.24, 2.45) is 0 Å². The third-order valence-electron chi connectivity index (χ3n) is 9.63. The SMILES string of the molecule is CC\C=C/C=C\C=C/C=C\CCCCCCCC(=O)OCC(COC(=O)CC/C=C\C/C=C\CCCCCCCC)OC(=O)CCCCCCC\C=C/C=C\C=C/C=C\CC. The number of rotatable bonds is 41. The van der Waals surface area contributed by atoms with Crippen LogP contribution in [0.4, 0.5) is 0 Å². The Morgan fingerprint density at radius 3 is 1.23 bits per heavy atom. The largest absolute Gasteiger partial charge is 0.462 e. The summed E-state index contributed by atoms with van der Waals surface area (Å²) in [5.74, 6) is -1.05. The van der Waals surface area contributed by atoms with E-state index in [9.17, 15) is 14.4 Å². The van der Waals surface area contributed by atoms with Crippen LogP contribution in [0.25, 0.3) is 0 Å². The van der Waals surface area contributed by atoms with Crippen molar-refractivity contribution >= 4 is 17.9 Å². The maximum absolute atomic E-state index is 12.8. The van der Waals surface area contributed by atoms with Crippen LogP contribution in [-0.2, 0) is 28.6 Å². The molecule has 6 heteroatoms. The second kappa shape index (κ2) is 48.5. The molecule has 0 heterocycles. The van der Waals surface area contributed by atoms with E-state index in [1.165, 1.54) is 38.5 Å². The number of unbranched alkanes of at least 4 members (excludes halogenated alkanes) is 16. The summed E-state index contributed by atoms with van der Waals surface area (Å²) in [5, 5.41) is 0. The minimum atomic E-state index is -0.825. The van der Waals surface area contributed by atoms with E-state index in [1.807, 2.05) is 54.7 Å². The first kappa shape index (κ1) is 56.8. The summed E-state index contributed by atoms with van der Waals surface area (Å²) in [5.41, 5.74) is 0. The molecule has 0 aliphatic rings. The Morgan fingerprint density at radius 1 is 0.361 bits per heavy atom. The molecule has 1 unspecified atom stereocenters. The van der Waals surface area contributed by atoms with Crippen molar-refractivity contribution in [3.05, 3.63) is 122 Å². The van der Waals surface area contributed by atoms with Gasteiger partial charge in [0.15, 0.2) is 6.10 Å². The fraction of sp³-hybridized carbons (Fsp3) is 0.582. The fourth-order valence-electron chi connectivity index (χ4n) is 6.04. The van der Waals surface area contributed by atoms with Crippen molar-refractivity contribution < 1.29 is 28.6 Å². The molecule has 0 fully saturated rings. The van der Waals surface area contributed by atoms with Gasteiger partial charge in [-0.2, -0.15) is 0 Å². The zero-order valence-electron chi connectivity index (χ0n) is 38.9. The van der Waals surface area contributed by atoms with Crippen molar-refractivity contribution in [1.82, 2.24) is 0 Å². The Morgan fingerprint density at radius 2 is 0.738 bits per heavy atom. The van der Waals surface area contributed by atoms with Gasteiger partial charge in [0.2, 0.25) is 0 Å². The first-order valence-electron chi connectivity index (χ1n) is 24.1. The molecule has 0 bridgehead atoms. The summed E-state index contributed by atoms with van der Waals surface area (Å²) in [6, 6.07) is 0. The van der Waals surface area contributed by atoms with E-state index in [0.29, 0.717) is 12.8 Å². The molecule has 0 aromatic carbocycles. The Hall–Kier alpha value is -4.19. The van der Waals surface area contributed by atoms with E-state index in [1.54, 1.807) is 0 Å². The summed E-state index contributed by atoms with van der Waals surface area (Å²) in [6.45, 7) is 6.23. The molecule has 1 atom stereocenters. The van der Waals surface area contributed by atoms with Gasteiger partial charge in [-0.1, -0.05) is 213 Å². The van der Waals surface area contributed by atoms with E-state index in [-0.39, 0.29) is 44.0 Å². The monoisotopic (exact) mass is 843 g/mol. The van der Waals surface area contributed by atoms with Crippen LogP contribution < -0.4 is 0 Å². The predicted octanol–water partition coefficient (Wildman–Crippen LogP) is 15.7. The van der Waals surface area contributed by atoms with Crippen molar-refractivity contribution in [3.63, 3.8) is 0 Å². The minimum Gasteiger partial charge on any atom is -0.462 e. The number of allylic oxidation sites excluding steroid dienone is 20. The number of hydrogen-bond acceptors (Lipinski definition) is 6. The Balaban J connectivity index is 4.57. The van der Waals surface area contributed by atoms with Crippen LogP contribution in [0, 0.1) is 0 Å². The summed E-state index contributed by atoms with van der Waals surface area (Å²) >= 11 is 0. The van der Waals surface area contributed by atoms with Gasteiger partial charge in [-0.3, -0.25) is 14.4 Å². The normalized spacial score (nSPS) is 13.2. The molecule has 0 amide bonds. The highest BCUT2D eigenvalue weighted by atomic mass is 16.6. The molecule has 6 nitrogen and oxygen atoms in total. The molecule has 61 heavy (non-hydrogen) atoms. The van der Waals surface area contributed by atoms with Crippen LogP contribution >= 0.6 is 0 Å². The number of carbonyl (C=O) groups excluding carboxylic acids is 3. The maximum atomic E-state index is 12.8. The van der Waals surface area contributed by atoms with Crippen molar-refractivity contribution in [1.29, 1.82) is 0 Å².